The predicted molar refractivity (Wildman–Crippen MR) is 101 cm³/mol. The van der Waals surface area contributed by atoms with E-state index in [1.807, 2.05) is 6.20 Å². The molecule has 3 aromatic carbocycles. The smallest absolute Gasteiger partial charge is 0.182 e. The minimum atomic E-state index is -0.356. The lowest BCUT2D eigenvalue weighted by Gasteiger charge is -2.05. The number of benzene rings is 3. The van der Waals surface area contributed by atoms with Crippen molar-refractivity contribution >= 4 is 16.7 Å². The lowest BCUT2D eigenvalue weighted by molar-refractivity contribution is 0.0973. The fourth-order valence-corrected chi connectivity index (χ4v) is 3.16. The van der Waals surface area contributed by atoms with Gasteiger partial charge in [0.25, 0.3) is 0 Å². The first-order valence-electron chi connectivity index (χ1n) is 8.41. The van der Waals surface area contributed by atoms with Crippen LogP contribution in [0.1, 0.15) is 10.4 Å². The fourth-order valence-electron chi connectivity index (χ4n) is 3.16. The first kappa shape index (κ1) is 16.8. The highest BCUT2D eigenvalue weighted by Gasteiger charge is 2.14. The molecule has 0 aliphatic rings. The van der Waals surface area contributed by atoms with Crippen molar-refractivity contribution in [3.63, 3.8) is 0 Å². The molecule has 27 heavy (non-hydrogen) atoms. The lowest BCUT2D eigenvalue weighted by atomic mass is 10.0. The van der Waals surface area contributed by atoms with Crippen LogP contribution >= 0.6 is 0 Å². The van der Waals surface area contributed by atoms with Crippen LogP contribution in [0.5, 0.6) is 11.5 Å². The first-order valence-corrected chi connectivity index (χ1v) is 8.41. The molecule has 4 rings (SSSR count). The highest BCUT2D eigenvalue weighted by atomic mass is 19.1. The number of nitrogens with zero attached hydrogens (tertiary/aromatic N) is 1. The number of aromatic hydroxyl groups is 2. The Morgan fingerprint density at radius 3 is 2.19 bits per heavy atom. The maximum atomic E-state index is 13.8. The monoisotopic (exact) mass is 361 g/mol. The molecule has 134 valence electrons. The fraction of sp³-hybridized carbons (Fsp3) is 0.0455. The van der Waals surface area contributed by atoms with E-state index in [9.17, 15) is 19.4 Å². The van der Waals surface area contributed by atoms with Crippen molar-refractivity contribution in [2.75, 3.05) is 0 Å². The van der Waals surface area contributed by atoms with Gasteiger partial charge < -0.3 is 14.8 Å². The molecule has 0 saturated heterocycles. The van der Waals surface area contributed by atoms with E-state index in [2.05, 4.69) is 0 Å². The van der Waals surface area contributed by atoms with Crippen molar-refractivity contribution in [2.24, 2.45) is 0 Å². The Kier molecular flexibility index (Phi) is 4.12. The van der Waals surface area contributed by atoms with Crippen molar-refractivity contribution in [3.05, 3.63) is 84.3 Å². The third kappa shape index (κ3) is 3.27. The molecule has 0 atom stereocenters. The first-order chi connectivity index (χ1) is 13.0. The van der Waals surface area contributed by atoms with Crippen molar-refractivity contribution in [1.29, 1.82) is 0 Å². The Bertz CT molecular complexity index is 1130. The summed E-state index contributed by atoms with van der Waals surface area (Å²) in [4.78, 5) is 12.6. The molecular formula is C22H16FNO3. The third-order valence-corrected chi connectivity index (χ3v) is 4.52. The third-order valence-electron chi connectivity index (χ3n) is 4.52. The van der Waals surface area contributed by atoms with Gasteiger partial charge in [-0.2, -0.15) is 0 Å². The molecule has 4 aromatic rings. The molecule has 0 fully saturated rings. The summed E-state index contributed by atoms with van der Waals surface area (Å²) < 4.78 is 15.6. The van der Waals surface area contributed by atoms with Gasteiger partial charge in [0.1, 0.15) is 17.3 Å². The number of hydrogen-bond donors (Lipinski definition) is 2. The zero-order valence-corrected chi connectivity index (χ0v) is 14.3. The minimum Gasteiger partial charge on any atom is -0.508 e. The van der Waals surface area contributed by atoms with Crippen LogP contribution < -0.4 is 0 Å². The second-order valence-electron chi connectivity index (χ2n) is 6.35. The van der Waals surface area contributed by atoms with E-state index in [1.165, 1.54) is 24.3 Å². The van der Waals surface area contributed by atoms with Crippen molar-refractivity contribution in [1.82, 2.24) is 4.57 Å². The van der Waals surface area contributed by atoms with Gasteiger partial charge >= 0.3 is 0 Å². The van der Waals surface area contributed by atoms with Gasteiger partial charge in [-0.05, 0) is 60.2 Å². The van der Waals surface area contributed by atoms with Crippen LogP contribution in [0.2, 0.25) is 0 Å². The van der Waals surface area contributed by atoms with E-state index >= 15 is 0 Å². The molecule has 0 aliphatic heterocycles. The Morgan fingerprint density at radius 2 is 1.52 bits per heavy atom. The highest BCUT2D eigenvalue weighted by molar-refractivity contribution is 6.00. The summed E-state index contributed by atoms with van der Waals surface area (Å²) in [6, 6.07) is 17.2. The van der Waals surface area contributed by atoms with Crippen LogP contribution in [0, 0.1) is 5.82 Å². The molecule has 0 radical (unpaired) electrons. The van der Waals surface area contributed by atoms with E-state index in [0.717, 1.165) is 16.6 Å². The molecule has 0 amide bonds. The van der Waals surface area contributed by atoms with Crippen molar-refractivity contribution in [3.8, 4) is 22.6 Å². The Morgan fingerprint density at radius 1 is 0.889 bits per heavy atom. The normalized spacial score (nSPS) is 11.0. The molecule has 0 bridgehead atoms. The van der Waals surface area contributed by atoms with E-state index in [1.54, 1.807) is 47.0 Å². The number of halogens is 1. The second kappa shape index (κ2) is 6.61. The number of rotatable bonds is 4. The Balaban J connectivity index is 1.78. The quantitative estimate of drug-likeness (QED) is 0.516. The summed E-state index contributed by atoms with van der Waals surface area (Å²) in [6.07, 6.45) is 1.81. The highest BCUT2D eigenvalue weighted by Crippen LogP contribution is 2.32. The van der Waals surface area contributed by atoms with Crippen LogP contribution in [-0.4, -0.2) is 20.6 Å². The van der Waals surface area contributed by atoms with Gasteiger partial charge in [0.2, 0.25) is 0 Å². The average Bonchev–Trinajstić information content (AvgIpc) is 3.00. The number of Topliss-reactive ketones (excluding diaryl/α,β-unsaturated/α-hetero) is 1. The zero-order valence-electron chi connectivity index (χ0n) is 14.3. The summed E-state index contributed by atoms with van der Waals surface area (Å²) in [6.45, 7) is 0.0883. The summed E-state index contributed by atoms with van der Waals surface area (Å²) in [5, 5.41) is 19.6. The number of hydrogen-bond acceptors (Lipinski definition) is 3. The number of carbonyl (C=O) groups excluding carboxylic acids is 1. The molecule has 0 saturated carbocycles. The molecule has 1 heterocycles. The van der Waals surface area contributed by atoms with Crippen LogP contribution in [0.4, 0.5) is 4.39 Å². The van der Waals surface area contributed by atoms with Gasteiger partial charge in [-0.25, -0.2) is 4.39 Å². The number of carbonyl (C=O) groups is 1. The van der Waals surface area contributed by atoms with Gasteiger partial charge in [0.15, 0.2) is 5.78 Å². The zero-order chi connectivity index (χ0) is 19.0. The standard InChI is InChI=1S/C22H16FNO3/c23-16-5-10-21-19(11-16)20(14-1-6-17(25)7-2-14)12-24(21)13-22(27)15-3-8-18(26)9-4-15/h1-12,25-26H,13H2. The summed E-state index contributed by atoms with van der Waals surface area (Å²) >= 11 is 0. The SMILES string of the molecule is O=C(Cn1cc(-c2ccc(O)cc2)c2cc(F)ccc21)c1ccc(O)cc1. The molecule has 0 spiro atoms. The van der Waals surface area contributed by atoms with E-state index in [0.29, 0.717) is 10.9 Å². The maximum Gasteiger partial charge on any atom is 0.182 e. The van der Waals surface area contributed by atoms with E-state index in [4.69, 9.17) is 0 Å². The number of phenols is 2. The summed E-state index contributed by atoms with van der Waals surface area (Å²) in [5.74, 6) is -0.224. The molecule has 0 aliphatic carbocycles. The van der Waals surface area contributed by atoms with Crippen LogP contribution in [0.25, 0.3) is 22.0 Å². The van der Waals surface area contributed by atoms with Crippen molar-refractivity contribution in [2.45, 2.75) is 6.54 Å². The molecule has 5 heteroatoms. The topological polar surface area (TPSA) is 62.5 Å². The minimum absolute atomic E-state index is 0.0883. The van der Waals surface area contributed by atoms with Gasteiger partial charge in [0, 0.05) is 28.2 Å². The Labute approximate surface area is 154 Å². The largest absolute Gasteiger partial charge is 0.508 e. The summed E-state index contributed by atoms with van der Waals surface area (Å²) in [5.41, 5.74) is 2.83. The van der Waals surface area contributed by atoms with Gasteiger partial charge in [-0.1, -0.05) is 12.1 Å². The number of aromatic nitrogens is 1. The molecule has 2 N–H and O–H groups in total. The van der Waals surface area contributed by atoms with Gasteiger partial charge in [-0.15, -0.1) is 0 Å². The van der Waals surface area contributed by atoms with E-state index in [-0.39, 0.29) is 29.6 Å². The predicted octanol–water partition coefficient (Wildman–Crippen LogP) is 4.74. The number of phenolic OH excluding ortho intramolecular Hbond substituents is 2. The van der Waals surface area contributed by atoms with Crippen LogP contribution in [-0.2, 0) is 6.54 Å². The maximum absolute atomic E-state index is 13.8. The molecule has 4 nitrogen and oxygen atoms in total. The summed E-state index contributed by atoms with van der Waals surface area (Å²) in [7, 11) is 0. The number of fused-ring (bicyclic) bond motifs is 1. The van der Waals surface area contributed by atoms with Crippen LogP contribution in [0.15, 0.2) is 72.9 Å². The molecule has 0 unspecified atom stereocenters. The van der Waals surface area contributed by atoms with E-state index < -0.39 is 0 Å². The molecular weight excluding hydrogens is 345 g/mol. The average molecular weight is 361 g/mol. The van der Waals surface area contributed by atoms with Gasteiger partial charge in [0.05, 0.1) is 6.54 Å². The number of ketones is 1. The van der Waals surface area contributed by atoms with Crippen molar-refractivity contribution < 1.29 is 19.4 Å². The van der Waals surface area contributed by atoms with Crippen LogP contribution in [0.3, 0.4) is 0 Å². The lowest BCUT2D eigenvalue weighted by Crippen LogP contribution is -2.09. The second-order valence-corrected chi connectivity index (χ2v) is 6.35. The Hall–Kier alpha value is -3.60. The van der Waals surface area contributed by atoms with Gasteiger partial charge in [-0.3, -0.25) is 4.79 Å². The molecule has 1 aromatic heterocycles.